The molecule has 6 nitrogen and oxygen atoms in total. The first-order chi connectivity index (χ1) is 12.6. The van der Waals surface area contributed by atoms with Crippen LogP contribution in [0.5, 0.6) is 5.75 Å². The maximum Gasteiger partial charge on any atom is 0.294 e. The lowest BCUT2D eigenvalue weighted by molar-refractivity contribution is -0.136. The minimum Gasteiger partial charge on any atom is -0.493 e. The van der Waals surface area contributed by atoms with Crippen molar-refractivity contribution < 1.29 is 19.1 Å². The van der Waals surface area contributed by atoms with Crippen molar-refractivity contribution in [3.8, 4) is 5.75 Å². The molecule has 0 N–H and O–H groups in total. The number of ether oxygens (including phenoxy) is 1. The monoisotopic (exact) mass is 374 g/mol. The van der Waals surface area contributed by atoms with Gasteiger partial charge in [-0.15, -0.1) is 0 Å². The summed E-state index contributed by atoms with van der Waals surface area (Å²) in [4.78, 5) is 40.3. The van der Waals surface area contributed by atoms with E-state index in [1.807, 2.05) is 31.2 Å². The predicted molar refractivity (Wildman–Crippen MR) is 101 cm³/mol. The highest BCUT2D eigenvalue weighted by molar-refractivity contribution is 8.18. The Morgan fingerprint density at radius 2 is 1.92 bits per heavy atom. The van der Waals surface area contributed by atoms with Gasteiger partial charge in [0.05, 0.1) is 11.5 Å². The Hall–Kier alpha value is -2.28. The predicted octanol–water partition coefficient (Wildman–Crippen LogP) is 3.13. The fourth-order valence-electron chi connectivity index (χ4n) is 3.04. The smallest absolute Gasteiger partial charge is 0.294 e. The molecule has 0 saturated carbocycles. The molecule has 2 saturated heterocycles. The van der Waals surface area contributed by atoms with Crippen molar-refractivity contribution in [2.45, 2.75) is 26.2 Å². The number of hydrogen-bond donors (Lipinski definition) is 0. The van der Waals surface area contributed by atoms with Gasteiger partial charge < -0.3 is 9.64 Å². The van der Waals surface area contributed by atoms with Gasteiger partial charge in [0.15, 0.2) is 0 Å². The standard InChI is InChI=1S/C19H22N2O4S/c1-2-25-15-9-5-4-8-14(15)12-16-18(23)21(19(24)26-16)13-17(22)20-10-6-3-7-11-20/h4-5,8-9,12H,2-3,6-7,10-11,13H2,1H3/b16-12-. The third kappa shape index (κ3) is 4.09. The van der Waals surface area contributed by atoms with E-state index < -0.39 is 11.1 Å². The van der Waals surface area contributed by atoms with E-state index in [9.17, 15) is 14.4 Å². The number of carbonyl (C=O) groups is 3. The summed E-state index contributed by atoms with van der Waals surface area (Å²) in [6, 6.07) is 7.35. The number of rotatable bonds is 5. The summed E-state index contributed by atoms with van der Waals surface area (Å²) in [7, 11) is 0. The molecule has 138 valence electrons. The van der Waals surface area contributed by atoms with E-state index in [1.165, 1.54) is 0 Å². The van der Waals surface area contributed by atoms with Crippen molar-refractivity contribution in [3.05, 3.63) is 34.7 Å². The number of para-hydroxylation sites is 1. The van der Waals surface area contributed by atoms with Crippen molar-refractivity contribution >= 4 is 34.9 Å². The lowest BCUT2D eigenvalue weighted by Gasteiger charge is -2.27. The van der Waals surface area contributed by atoms with Gasteiger partial charge in [-0.05, 0) is 50.1 Å². The van der Waals surface area contributed by atoms with Gasteiger partial charge in [0.25, 0.3) is 11.1 Å². The Balaban J connectivity index is 1.73. The van der Waals surface area contributed by atoms with E-state index in [0.717, 1.165) is 41.5 Å². The molecule has 1 aromatic carbocycles. The van der Waals surface area contributed by atoms with Gasteiger partial charge in [-0.2, -0.15) is 0 Å². The number of nitrogens with zero attached hydrogens (tertiary/aromatic N) is 2. The van der Waals surface area contributed by atoms with Gasteiger partial charge >= 0.3 is 0 Å². The second-order valence-corrected chi connectivity index (χ2v) is 7.17. The molecule has 3 amide bonds. The van der Waals surface area contributed by atoms with Crippen molar-refractivity contribution in [3.63, 3.8) is 0 Å². The maximum absolute atomic E-state index is 12.6. The number of carbonyl (C=O) groups excluding carboxylic acids is 3. The summed E-state index contributed by atoms with van der Waals surface area (Å²) in [5, 5.41) is -0.402. The van der Waals surface area contributed by atoms with Gasteiger partial charge in [-0.3, -0.25) is 19.3 Å². The molecule has 0 bridgehead atoms. The Kier molecular flexibility index (Phi) is 5.98. The van der Waals surface area contributed by atoms with Crippen LogP contribution in [0.4, 0.5) is 4.79 Å². The molecular formula is C19H22N2O4S. The first-order valence-electron chi connectivity index (χ1n) is 8.85. The Morgan fingerprint density at radius 1 is 1.19 bits per heavy atom. The average Bonchev–Trinajstić information content (AvgIpc) is 2.91. The highest BCUT2D eigenvalue weighted by Crippen LogP contribution is 2.34. The quantitative estimate of drug-likeness (QED) is 0.741. The summed E-state index contributed by atoms with van der Waals surface area (Å²) in [5.41, 5.74) is 0.738. The van der Waals surface area contributed by atoms with Gasteiger partial charge in [-0.25, -0.2) is 0 Å². The van der Waals surface area contributed by atoms with E-state index in [2.05, 4.69) is 0 Å². The summed E-state index contributed by atoms with van der Waals surface area (Å²) in [5.74, 6) is 0.0748. The Labute approximate surface area is 157 Å². The molecule has 7 heteroatoms. The number of likely N-dealkylation sites (tertiary alicyclic amines) is 1. The molecule has 0 aliphatic carbocycles. The van der Waals surface area contributed by atoms with Crippen LogP contribution >= 0.6 is 11.8 Å². The number of amides is 3. The van der Waals surface area contributed by atoms with E-state index in [1.54, 1.807) is 11.0 Å². The molecule has 1 aromatic rings. The van der Waals surface area contributed by atoms with Crippen LogP contribution in [-0.2, 0) is 9.59 Å². The summed E-state index contributed by atoms with van der Waals surface area (Å²) < 4.78 is 5.56. The molecule has 2 heterocycles. The topological polar surface area (TPSA) is 66.9 Å². The van der Waals surface area contributed by atoms with E-state index >= 15 is 0 Å². The largest absolute Gasteiger partial charge is 0.493 e. The van der Waals surface area contributed by atoms with Gasteiger partial charge in [-0.1, -0.05) is 18.2 Å². The molecule has 2 aliphatic rings. The fraction of sp³-hybridized carbons (Fsp3) is 0.421. The molecule has 2 aliphatic heterocycles. The summed E-state index contributed by atoms with van der Waals surface area (Å²) >= 11 is 0.864. The number of thioether (sulfide) groups is 1. The number of imide groups is 1. The zero-order chi connectivity index (χ0) is 18.5. The molecule has 2 fully saturated rings. The van der Waals surface area contributed by atoms with E-state index in [4.69, 9.17) is 4.74 Å². The van der Waals surface area contributed by atoms with Crippen LogP contribution in [0.2, 0.25) is 0 Å². The van der Waals surface area contributed by atoms with Gasteiger partial charge in [0, 0.05) is 18.7 Å². The fourth-order valence-corrected chi connectivity index (χ4v) is 3.87. The molecule has 3 rings (SSSR count). The molecule has 26 heavy (non-hydrogen) atoms. The maximum atomic E-state index is 12.6. The Morgan fingerprint density at radius 3 is 2.65 bits per heavy atom. The molecular weight excluding hydrogens is 352 g/mol. The van der Waals surface area contributed by atoms with E-state index in [-0.39, 0.29) is 12.5 Å². The van der Waals surface area contributed by atoms with Crippen molar-refractivity contribution in [1.29, 1.82) is 0 Å². The third-order valence-corrected chi connectivity index (χ3v) is 5.29. The zero-order valence-corrected chi connectivity index (χ0v) is 15.6. The molecule has 0 radical (unpaired) electrons. The second-order valence-electron chi connectivity index (χ2n) is 6.18. The van der Waals surface area contributed by atoms with E-state index in [0.29, 0.717) is 30.4 Å². The zero-order valence-electron chi connectivity index (χ0n) is 14.8. The van der Waals surface area contributed by atoms with Crippen LogP contribution in [0, 0.1) is 0 Å². The van der Waals surface area contributed by atoms with Gasteiger partial charge in [0.1, 0.15) is 12.3 Å². The number of piperidine rings is 1. The first kappa shape index (κ1) is 18.5. The van der Waals surface area contributed by atoms with Crippen LogP contribution in [0.15, 0.2) is 29.2 Å². The van der Waals surface area contributed by atoms with Gasteiger partial charge in [0.2, 0.25) is 5.91 Å². The van der Waals surface area contributed by atoms with Crippen molar-refractivity contribution in [1.82, 2.24) is 9.80 Å². The molecule has 0 aromatic heterocycles. The minimum absolute atomic E-state index is 0.164. The molecule has 0 atom stereocenters. The lowest BCUT2D eigenvalue weighted by Crippen LogP contribution is -2.44. The highest BCUT2D eigenvalue weighted by atomic mass is 32.2. The lowest BCUT2D eigenvalue weighted by atomic mass is 10.1. The first-order valence-corrected chi connectivity index (χ1v) is 9.66. The number of hydrogen-bond acceptors (Lipinski definition) is 5. The normalized spacial score (nSPS) is 19.3. The van der Waals surface area contributed by atoms with Crippen LogP contribution in [0.3, 0.4) is 0 Å². The third-order valence-electron chi connectivity index (χ3n) is 4.38. The SMILES string of the molecule is CCOc1ccccc1/C=C1\SC(=O)N(CC(=O)N2CCCCC2)C1=O. The van der Waals surface area contributed by atoms with Crippen LogP contribution in [0.1, 0.15) is 31.7 Å². The average molecular weight is 374 g/mol. The van der Waals surface area contributed by atoms with Crippen molar-refractivity contribution in [2.75, 3.05) is 26.2 Å². The van der Waals surface area contributed by atoms with Crippen LogP contribution < -0.4 is 4.74 Å². The summed E-state index contributed by atoms with van der Waals surface area (Å²) in [6.45, 7) is 3.61. The van der Waals surface area contributed by atoms with Crippen LogP contribution in [0.25, 0.3) is 6.08 Å². The second kappa shape index (κ2) is 8.40. The van der Waals surface area contributed by atoms with Crippen molar-refractivity contribution in [2.24, 2.45) is 0 Å². The Bertz CT molecular complexity index is 741. The number of benzene rings is 1. The highest BCUT2D eigenvalue weighted by Gasteiger charge is 2.37. The van der Waals surface area contributed by atoms with Crippen LogP contribution in [-0.4, -0.2) is 53.1 Å². The minimum atomic E-state index is -0.420. The summed E-state index contributed by atoms with van der Waals surface area (Å²) in [6.07, 6.45) is 4.72. The molecule has 0 unspecified atom stereocenters. The molecule has 0 spiro atoms.